The number of anilines is 2. The van der Waals surface area contributed by atoms with Gasteiger partial charge in [0.25, 0.3) is 0 Å². The van der Waals surface area contributed by atoms with Gasteiger partial charge in [0.1, 0.15) is 0 Å². The summed E-state index contributed by atoms with van der Waals surface area (Å²) in [6, 6.07) is 16.4. The van der Waals surface area contributed by atoms with Gasteiger partial charge in [0.2, 0.25) is 0 Å². The lowest BCUT2D eigenvalue weighted by atomic mass is 10.0. The third-order valence-corrected chi connectivity index (χ3v) is 5.98. The molecule has 1 aliphatic rings. The van der Waals surface area contributed by atoms with Crippen molar-refractivity contribution >= 4 is 17.5 Å². The van der Waals surface area contributed by atoms with Gasteiger partial charge in [0.15, 0.2) is 5.82 Å². The van der Waals surface area contributed by atoms with Crippen LogP contribution < -0.4 is 10.2 Å². The number of nitrogens with one attached hydrogen (secondary N) is 1. The number of urea groups is 1. The number of nitrogens with zero attached hydrogens (tertiary/aromatic N) is 4. The van der Waals surface area contributed by atoms with Crippen LogP contribution in [0.25, 0.3) is 11.3 Å². The third-order valence-electron chi connectivity index (χ3n) is 5.98. The quantitative estimate of drug-likeness (QED) is 0.672. The molecule has 0 saturated carbocycles. The Hall–Kier alpha value is -3.41. The number of amides is 2. The van der Waals surface area contributed by atoms with Gasteiger partial charge in [0.05, 0.1) is 5.69 Å². The summed E-state index contributed by atoms with van der Waals surface area (Å²) in [6.07, 6.45) is 0. The molecule has 2 heterocycles. The molecule has 6 nitrogen and oxygen atoms in total. The van der Waals surface area contributed by atoms with Gasteiger partial charge < -0.3 is 15.1 Å². The van der Waals surface area contributed by atoms with E-state index in [0.29, 0.717) is 13.1 Å². The fourth-order valence-electron chi connectivity index (χ4n) is 3.75. The van der Waals surface area contributed by atoms with Crippen molar-refractivity contribution in [3.63, 3.8) is 0 Å². The molecule has 1 aliphatic heterocycles. The number of hydrogen-bond acceptors (Lipinski definition) is 4. The lowest BCUT2D eigenvalue weighted by Gasteiger charge is -2.35. The topological polar surface area (TPSA) is 61.4 Å². The molecular weight excluding hydrogens is 386 g/mol. The second-order valence-corrected chi connectivity index (χ2v) is 8.30. The van der Waals surface area contributed by atoms with E-state index >= 15 is 0 Å². The van der Waals surface area contributed by atoms with Crippen LogP contribution in [0, 0.1) is 27.7 Å². The van der Waals surface area contributed by atoms with Gasteiger partial charge in [-0.3, -0.25) is 0 Å². The lowest BCUT2D eigenvalue weighted by Crippen LogP contribution is -2.50. The predicted molar refractivity (Wildman–Crippen MR) is 126 cm³/mol. The normalized spacial score (nSPS) is 13.9. The summed E-state index contributed by atoms with van der Waals surface area (Å²) in [6.45, 7) is 11.0. The van der Waals surface area contributed by atoms with Crippen LogP contribution >= 0.6 is 0 Å². The highest BCUT2D eigenvalue weighted by molar-refractivity contribution is 5.90. The molecule has 160 valence electrons. The van der Waals surface area contributed by atoms with Crippen LogP contribution in [0.5, 0.6) is 0 Å². The molecule has 1 aromatic heterocycles. The van der Waals surface area contributed by atoms with Crippen LogP contribution in [0.4, 0.5) is 16.3 Å². The van der Waals surface area contributed by atoms with Crippen LogP contribution in [-0.2, 0) is 0 Å². The largest absolute Gasteiger partial charge is 0.352 e. The van der Waals surface area contributed by atoms with Crippen molar-refractivity contribution in [1.82, 2.24) is 15.1 Å². The lowest BCUT2D eigenvalue weighted by molar-refractivity contribution is 0.208. The number of piperazine rings is 1. The molecule has 1 N–H and O–H groups in total. The van der Waals surface area contributed by atoms with Gasteiger partial charge in [-0.1, -0.05) is 24.3 Å². The number of aromatic nitrogens is 2. The summed E-state index contributed by atoms with van der Waals surface area (Å²) in [5.74, 6) is 0.849. The molecule has 0 aliphatic carbocycles. The van der Waals surface area contributed by atoms with Crippen molar-refractivity contribution in [2.45, 2.75) is 27.7 Å². The Morgan fingerprint density at radius 2 is 1.55 bits per heavy atom. The number of benzene rings is 2. The minimum atomic E-state index is -0.0514. The van der Waals surface area contributed by atoms with E-state index in [0.717, 1.165) is 47.0 Å². The average Bonchev–Trinajstić information content (AvgIpc) is 2.78. The first-order chi connectivity index (χ1) is 14.9. The van der Waals surface area contributed by atoms with Gasteiger partial charge >= 0.3 is 6.03 Å². The van der Waals surface area contributed by atoms with Crippen LogP contribution in [0.1, 0.15) is 22.3 Å². The zero-order valence-corrected chi connectivity index (χ0v) is 18.6. The van der Waals surface area contributed by atoms with Crippen molar-refractivity contribution in [3.8, 4) is 11.3 Å². The van der Waals surface area contributed by atoms with E-state index in [1.807, 2.05) is 43.0 Å². The van der Waals surface area contributed by atoms with E-state index in [1.54, 1.807) is 0 Å². The summed E-state index contributed by atoms with van der Waals surface area (Å²) in [5.41, 5.74) is 7.55. The molecular formula is C25H29N5O. The van der Waals surface area contributed by atoms with Crippen molar-refractivity contribution in [1.29, 1.82) is 0 Å². The van der Waals surface area contributed by atoms with Crippen molar-refractivity contribution in [2.75, 3.05) is 36.4 Å². The van der Waals surface area contributed by atoms with E-state index < -0.39 is 0 Å². The maximum absolute atomic E-state index is 12.7. The van der Waals surface area contributed by atoms with Crippen LogP contribution in [0.2, 0.25) is 0 Å². The zero-order chi connectivity index (χ0) is 22.0. The first-order valence-electron chi connectivity index (χ1n) is 10.7. The van der Waals surface area contributed by atoms with E-state index in [2.05, 4.69) is 58.5 Å². The van der Waals surface area contributed by atoms with E-state index in [-0.39, 0.29) is 6.03 Å². The molecule has 2 amide bonds. The molecule has 2 aromatic carbocycles. The van der Waals surface area contributed by atoms with Gasteiger partial charge in [-0.05, 0) is 74.2 Å². The number of hydrogen-bond donors (Lipinski definition) is 1. The Bertz CT molecular complexity index is 1090. The average molecular weight is 416 g/mol. The first-order valence-corrected chi connectivity index (χ1v) is 10.7. The molecule has 0 radical (unpaired) electrons. The Labute approximate surface area is 183 Å². The Morgan fingerprint density at radius 1 is 0.806 bits per heavy atom. The van der Waals surface area contributed by atoms with E-state index in [4.69, 9.17) is 0 Å². The number of carbonyl (C=O) groups excluding carboxylic acids is 1. The maximum Gasteiger partial charge on any atom is 0.321 e. The Balaban J connectivity index is 1.36. The maximum atomic E-state index is 12.7. The van der Waals surface area contributed by atoms with Crippen molar-refractivity contribution in [3.05, 3.63) is 70.8 Å². The Kier molecular flexibility index (Phi) is 5.89. The van der Waals surface area contributed by atoms with Gasteiger partial charge in [-0.25, -0.2) is 4.79 Å². The van der Waals surface area contributed by atoms with Gasteiger partial charge in [-0.2, -0.15) is 0 Å². The summed E-state index contributed by atoms with van der Waals surface area (Å²) in [5, 5.41) is 11.9. The fraction of sp³-hybridized carbons (Fsp3) is 0.320. The highest BCUT2D eigenvalue weighted by Gasteiger charge is 2.22. The minimum absolute atomic E-state index is 0.0514. The predicted octanol–water partition coefficient (Wildman–Crippen LogP) is 4.73. The fourth-order valence-corrected chi connectivity index (χ4v) is 3.75. The molecule has 1 fully saturated rings. The molecule has 0 spiro atoms. The molecule has 0 unspecified atom stereocenters. The van der Waals surface area contributed by atoms with Crippen LogP contribution in [0.3, 0.4) is 0 Å². The van der Waals surface area contributed by atoms with Crippen LogP contribution in [0.15, 0.2) is 48.5 Å². The van der Waals surface area contributed by atoms with E-state index in [1.165, 1.54) is 11.1 Å². The van der Waals surface area contributed by atoms with Gasteiger partial charge in [-0.15, -0.1) is 10.2 Å². The molecule has 3 aromatic rings. The standard InChI is InChI=1S/C25H29N5O/c1-17-5-6-19(3)23(15-17)26-25(31)30-13-11-29(12-14-30)24-10-9-22(27-28-24)21-8-7-18(2)20(4)16-21/h5-10,15-16H,11-14H2,1-4H3,(H,26,31). The second-order valence-electron chi connectivity index (χ2n) is 8.30. The van der Waals surface area contributed by atoms with Gasteiger partial charge in [0, 0.05) is 37.4 Å². The molecule has 0 atom stereocenters. The van der Waals surface area contributed by atoms with Crippen molar-refractivity contribution in [2.24, 2.45) is 0 Å². The highest BCUT2D eigenvalue weighted by Crippen LogP contribution is 2.22. The smallest absolute Gasteiger partial charge is 0.321 e. The molecule has 6 heteroatoms. The SMILES string of the molecule is Cc1ccc(C)c(NC(=O)N2CCN(c3ccc(-c4ccc(C)c(C)c4)nn3)CC2)c1. The summed E-state index contributed by atoms with van der Waals surface area (Å²) in [4.78, 5) is 16.7. The molecule has 4 rings (SSSR count). The zero-order valence-electron chi connectivity index (χ0n) is 18.6. The molecule has 0 bridgehead atoms. The summed E-state index contributed by atoms with van der Waals surface area (Å²) in [7, 11) is 0. The third kappa shape index (κ3) is 4.68. The van der Waals surface area contributed by atoms with Crippen molar-refractivity contribution < 1.29 is 4.79 Å². The highest BCUT2D eigenvalue weighted by atomic mass is 16.2. The minimum Gasteiger partial charge on any atom is -0.352 e. The summed E-state index contributed by atoms with van der Waals surface area (Å²) < 4.78 is 0. The number of rotatable bonds is 3. The summed E-state index contributed by atoms with van der Waals surface area (Å²) >= 11 is 0. The number of carbonyl (C=O) groups is 1. The first kappa shape index (κ1) is 20.8. The van der Waals surface area contributed by atoms with E-state index in [9.17, 15) is 4.79 Å². The molecule has 31 heavy (non-hydrogen) atoms. The second kappa shape index (κ2) is 8.76. The number of aryl methyl sites for hydroxylation is 4. The monoisotopic (exact) mass is 415 g/mol. The van der Waals surface area contributed by atoms with Crippen LogP contribution in [-0.4, -0.2) is 47.3 Å². The Morgan fingerprint density at radius 3 is 2.23 bits per heavy atom. The molecule has 1 saturated heterocycles.